The third-order valence-corrected chi connectivity index (χ3v) is 5.25. The van der Waals surface area contributed by atoms with E-state index in [-0.39, 0.29) is 5.91 Å². The molecule has 0 aliphatic heterocycles. The van der Waals surface area contributed by atoms with Crippen molar-refractivity contribution in [2.75, 3.05) is 5.32 Å². The fraction of sp³-hybridized carbons (Fsp3) is 0.350. The molecule has 0 radical (unpaired) electrons. The lowest BCUT2D eigenvalue weighted by Crippen LogP contribution is -2.14. The standard InChI is InChI=1S/C20H23N3O3S/c1-5-18-14(4)27-20(21-18)22-19(24)10-15-6-8-16(9-7-15)25-11-17-12(2)23-26-13(17)3/h6-9H,5,10-11H2,1-4H3,(H,21,22,24). The molecule has 1 aromatic carbocycles. The summed E-state index contributed by atoms with van der Waals surface area (Å²) in [6.07, 6.45) is 1.16. The molecular weight excluding hydrogens is 362 g/mol. The third-order valence-electron chi connectivity index (χ3n) is 4.33. The number of anilines is 1. The summed E-state index contributed by atoms with van der Waals surface area (Å²) < 4.78 is 10.9. The van der Waals surface area contributed by atoms with Crippen molar-refractivity contribution in [3.8, 4) is 5.75 Å². The van der Waals surface area contributed by atoms with Gasteiger partial charge in [-0.1, -0.05) is 24.2 Å². The quantitative estimate of drug-likeness (QED) is 0.653. The van der Waals surface area contributed by atoms with Crippen LogP contribution in [0.2, 0.25) is 0 Å². The summed E-state index contributed by atoms with van der Waals surface area (Å²) in [7, 11) is 0. The van der Waals surface area contributed by atoms with Crippen molar-refractivity contribution in [1.82, 2.24) is 10.1 Å². The normalized spacial score (nSPS) is 10.8. The molecule has 3 rings (SSSR count). The molecule has 0 saturated heterocycles. The van der Waals surface area contributed by atoms with Crippen LogP contribution in [0.3, 0.4) is 0 Å². The molecule has 7 heteroatoms. The number of carbonyl (C=O) groups excluding carboxylic acids is 1. The van der Waals surface area contributed by atoms with E-state index >= 15 is 0 Å². The van der Waals surface area contributed by atoms with Crippen LogP contribution >= 0.6 is 11.3 Å². The number of nitrogens with zero attached hydrogens (tertiary/aromatic N) is 2. The smallest absolute Gasteiger partial charge is 0.230 e. The van der Waals surface area contributed by atoms with E-state index in [2.05, 4.69) is 22.4 Å². The van der Waals surface area contributed by atoms with Gasteiger partial charge in [-0.25, -0.2) is 4.98 Å². The molecule has 2 heterocycles. The summed E-state index contributed by atoms with van der Waals surface area (Å²) >= 11 is 1.51. The summed E-state index contributed by atoms with van der Waals surface area (Å²) in [4.78, 5) is 17.8. The van der Waals surface area contributed by atoms with Gasteiger partial charge in [0.15, 0.2) is 5.13 Å². The summed E-state index contributed by atoms with van der Waals surface area (Å²) in [5.74, 6) is 1.43. The molecule has 1 amide bonds. The Bertz CT molecular complexity index is 909. The van der Waals surface area contributed by atoms with Gasteiger partial charge in [0.25, 0.3) is 0 Å². The molecule has 3 aromatic rings. The van der Waals surface area contributed by atoms with E-state index in [1.807, 2.05) is 45.0 Å². The number of nitrogens with one attached hydrogen (secondary N) is 1. The van der Waals surface area contributed by atoms with Crippen molar-refractivity contribution in [1.29, 1.82) is 0 Å². The monoisotopic (exact) mass is 385 g/mol. The Morgan fingerprint density at radius 2 is 1.96 bits per heavy atom. The summed E-state index contributed by atoms with van der Waals surface area (Å²) in [6, 6.07) is 7.52. The van der Waals surface area contributed by atoms with Crippen LogP contribution in [0.1, 0.15) is 40.1 Å². The highest BCUT2D eigenvalue weighted by Gasteiger charge is 2.11. The van der Waals surface area contributed by atoms with E-state index in [1.54, 1.807) is 0 Å². The van der Waals surface area contributed by atoms with Gasteiger partial charge in [-0.05, 0) is 44.9 Å². The molecule has 6 nitrogen and oxygen atoms in total. The minimum absolute atomic E-state index is 0.0733. The third kappa shape index (κ3) is 4.74. The van der Waals surface area contributed by atoms with E-state index in [4.69, 9.17) is 9.26 Å². The second-order valence-electron chi connectivity index (χ2n) is 6.34. The number of carbonyl (C=O) groups is 1. The highest BCUT2D eigenvalue weighted by atomic mass is 32.1. The lowest BCUT2D eigenvalue weighted by molar-refractivity contribution is -0.115. The van der Waals surface area contributed by atoms with Crippen molar-refractivity contribution < 1.29 is 14.1 Å². The van der Waals surface area contributed by atoms with Crippen molar-refractivity contribution in [2.45, 2.75) is 47.1 Å². The number of hydrogen-bond donors (Lipinski definition) is 1. The molecule has 27 heavy (non-hydrogen) atoms. The zero-order valence-electron chi connectivity index (χ0n) is 16.0. The average Bonchev–Trinajstić information content (AvgIpc) is 3.15. The van der Waals surface area contributed by atoms with Crippen LogP contribution in [0, 0.1) is 20.8 Å². The predicted molar refractivity (Wildman–Crippen MR) is 105 cm³/mol. The number of thiazole rings is 1. The number of aryl methyl sites for hydroxylation is 4. The molecule has 0 bridgehead atoms. The minimum atomic E-state index is -0.0733. The SMILES string of the molecule is CCc1nc(NC(=O)Cc2ccc(OCc3c(C)noc3C)cc2)sc1C. The Labute approximate surface area is 162 Å². The van der Waals surface area contributed by atoms with Crippen LogP contribution < -0.4 is 10.1 Å². The van der Waals surface area contributed by atoms with Crippen LogP contribution in [0.4, 0.5) is 5.13 Å². The maximum absolute atomic E-state index is 12.2. The molecule has 0 spiro atoms. The molecule has 0 aliphatic rings. The van der Waals surface area contributed by atoms with Gasteiger partial charge >= 0.3 is 0 Å². The largest absolute Gasteiger partial charge is 0.489 e. The first-order valence-corrected chi connectivity index (χ1v) is 9.67. The second kappa shape index (κ2) is 8.35. The molecule has 0 atom stereocenters. The van der Waals surface area contributed by atoms with Gasteiger partial charge in [0, 0.05) is 4.88 Å². The van der Waals surface area contributed by atoms with E-state index in [1.165, 1.54) is 11.3 Å². The molecular formula is C20H23N3O3S. The Morgan fingerprint density at radius 3 is 2.56 bits per heavy atom. The molecule has 1 N–H and O–H groups in total. The van der Waals surface area contributed by atoms with Crippen LogP contribution in [0.5, 0.6) is 5.75 Å². The summed E-state index contributed by atoms with van der Waals surface area (Å²) in [5, 5.41) is 7.46. The second-order valence-corrected chi connectivity index (χ2v) is 7.54. The van der Waals surface area contributed by atoms with E-state index < -0.39 is 0 Å². The van der Waals surface area contributed by atoms with Crippen molar-refractivity contribution >= 4 is 22.4 Å². The van der Waals surface area contributed by atoms with Crippen LogP contribution in [-0.4, -0.2) is 16.0 Å². The number of rotatable bonds is 7. The highest BCUT2D eigenvalue weighted by Crippen LogP contribution is 2.23. The van der Waals surface area contributed by atoms with Gasteiger partial charge < -0.3 is 14.6 Å². The number of hydrogen-bond acceptors (Lipinski definition) is 6. The number of benzene rings is 1. The average molecular weight is 385 g/mol. The van der Waals surface area contributed by atoms with E-state index in [9.17, 15) is 4.79 Å². The summed E-state index contributed by atoms with van der Waals surface area (Å²) in [6.45, 7) is 8.25. The first-order valence-electron chi connectivity index (χ1n) is 8.86. The fourth-order valence-corrected chi connectivity index (χ4v) is 3.64. The van der Waals surface area contributed by atoms with Crippen molar-refractivity contribution in [3.63, 3.8) is 0 Å². The molecule has 0 aliphatic carbocycles. The Morgan fingerprint density at radius 1 is 1.22 bits per heavy atom. The number of aromatic nitrogens is 2. The highest BCUT2D eigenvalue weighted by molar-refractivity contribution is 7.15. The first-order chi connectivity index (χ1) is 13.0. The van der Waals surface area contributed by atoms with Crippen molar-refractivity contribution in [3.05, 3.63) is 57.4 Å². The Hall–Kier alpha value is -2.67. The van der Waals surface area contributed by atoms with Gasteiger partial charge in [-0.3, -0.25) is 4.79 Å². The number of amides is 1. The van der Waals surface area contributed by atoms with Gasteiger partial charge in [0.2, 0.25) is 5.91 Å². The van der Waals surface area contributed by atoms with Gasteiger partial charge in [-0.2, -0.15) is 0 Å². The Kier molecular flexibility index (Phi) is 5.91. The van der Waals surface area contributed by atoms with Crippen LogP contribution in [-0.2, 0) is 24.2 Å². The molecule has 142 valence electrons. The lowest BCUT2D eigenvalue weighted by Gasteiger charge is -2.07. The zero-order chi connectivity index (χ0) is 19.4. The minimum Gasteiger partial charge on any atom is -0.489 e. The lowest BCUT2D eigenvalue weighted by atomic mass is 10.1. The zero-order valence-corrected chi connectivity index (χ0v) is 16.8. The van der Waals surface area contributed by atoms with Crippen LogP contribution in [0.25, 0.3) is 0 Å². The predicted octanol–water partition coefficient (Wildman–Crippen LogP) is 4.38. The van der Waals surface area contributed by atoms with E-state index in [0.29, 0.717) is 18.2 Å². The Balaban J connectivity index is 1.54. The maximum Gasteiger partial charge on any atom is 0.230 e. The van der Waals surface area contributed by atoms with Crippen molar-refractivity contribution in [2.24, 2.45) is 0 Å². The molecule has 0 unspecified atom stereocenters. The van der Waals surface area contributed by atoms with Gasteiger partial charge in [-0.15, -0.1) is 11.3 Å². The summed E-state index contributed by atoms with van der Waals surface area (Å²) in [5.41, 5.74) is 3.75. The molecule has 2 aromatic heterocycles. The molecule has 0 fully saturated rings. The topological polar surface area (TPSA) is 77.2 Å². The fourth-order valence-electron chi connectivity index (χ4n) is 2.73. The first kappa shape index (κ1) is 19.1. The van der Waals surface area contributed by atoms with E-state index in [0.717, 1.165) is 45.3 Å². The van der Waals surface area contributed by atoms with Crippen LogP contribution in [0.15, 0.2) is 28.8 Å². The number of ether oxygens (including phenoxy) is 1. The van der Waals surface area contributed by atoms with Gasteiger partial charge in [0.05, 0.1) is 23.4 Å². The molecule has 0 saturated carbocycles. The maximum atomic E-state index is 12.2. The van der Waals surface area contributed by atoms with Gasteiger partial charge in [0.1, 0.15) is 18.1 Å².